The lowest BCUT2D eigenvalue weighted by Gasteiger charge is -2.37. The van der Waals surface area contributed by atoms with Crippen LogP contribution in [0, 0.1) is 0 Å². The van der Waals surface area contributed by atoms with Gasteiger partial charge in [0.2, 0.25) is 20.1 Å². The third kappa shape index (κ3) is 6.09. The van der Waals surface area contributed by atoms with E-state index in [0.29, 0.717) is 12.8 Å². The van der Waals surface area contributed by atoms with Crippen LogP contribution >= 0.6 is 0 Å². The highest BCUT2D eigenvalue weighted by molar-refractivity contribution is 6.71. The maximum atomic E-state index is 13.3. The predicted octanol–water partition coefficient (Wildman–Crippen LogP) is 2.66. The molecule has 0 fully saturated rings. The monoisotopic (exact) mass is 467 g/mol. The van der Waals surface area contributed by atoms with Crippen molar-refractivity contribution >= 4 is 31.8 Å². The lowest BCUT2D eigenvalue weighted by molar-refractivity contribution is -0.140. The van der Waals surface area contributed by atoms with E-state index in [9.17, 15) is 14.4 Å². The van der Waals surface area contributed by atoms with E-state index in [1.807, 2.05) is 74.2 Å². The molecule has 3 atom stereocenters. The Morgan fingerprint density at radius 2 is 1.73 bits per heavy atom. The third-order valence-electron chi connectivity index (χ3n) is 5.62. The van der Waals surface area contributed by atoms with Crippen molar-refractivity contribution in [1.29, 1.82) is 0 Å². The lowest BCUT2D eigenvalue weighted by Crippen LogP contribution is -2.59. The maximum absolute atomic E-state index is 13.3. The van der Waals surface area contributed by atoms with Crippen molar-refractivity contribution in [3.05, 3.63) is 65.7 Å². The van der Waals surface area contributed by atoms with Crippen LogP contribution in [0.3, 0.4) is 0 Å². The molecule has 0 aromatic heterocycles. The van der Waals surface area contributed by atoms with Gasteiger partial charge in [0.05, 0.1) is 6.04 Å². The van der Waals surface area contributed by atoms with Gasteiger partial charge in [-0.1, -0.05) is 48.5 Å². The van der Waals surface area contributed by atoms with Crippen LogP contribution in [0.15, 0.2) is 54.6 Å². The molecule has 176 valence electrons. The highest BCUT2D eigenvalue weighted by Gasteiger charge is 2.38. The molecule has 0 aliphatic carbocycles. The Hall–Kier alpha value is -2.97. The number of carbonyl (C=O) groups excluding carboxylic acids is 3. The largest absolute Gasteiger partial charge is 0.518 e. The summed E-state index contributed by atoms with van der Waals surface area (Å²) in [5.74, 6) is -1.01. The maximum Gasteiger partial charge on any atom is 0.315 e. The highest BCUT2D eigenvalue weighted by Crippen LogP contribution is 2.29. The number of fused-ring (bicyclic) bond motifs is 1. The van der Waals surface area contributed by atoms with Crippen molar-refractivity contribution in [2.75, 3.05) is 11.9 Å². The Morgan fingerprint density at radius 3 is 2.36 bits per heavy atom. The summed E-state index contributed by atoms with van der Waals surface area (Å²) in [5.41, 5.74) is 2.63. The zero-order valence-corrected chi connectivity index (χ0v) is 20.9. The van der Waals surface area contributed by atoms with Gasteiger partial charge in [0.1, 0.15) is 12.1 Å². The lowest BCUT2D eigenvalue weighted by atomic mass is 9.95. The molecule has 0 spiro atoms. The number of carbonyl (C=O) groups is 3. The Bertz CT molecular complexity index is 1010. The van der Waals surface area contributed by atoms with E-state index in [-0.39, 0.29) is 5.91 Å². The van der Waals surface area contributed by atoms with Gasteiger partial charge in [-0.15, -0.1) is 0 Å². The van der Waals surface area contributed by atoms with E-state index >= 15 is 0 Å². The average molecular weight is 468 g/mol. The number of hydrogen-bond donors (Lipinski definition) is 2. The molecular weight excluding hydrogens is 434 g/mol. The molecule has 0 bridgehead atoms. The number of amides is 2. The van der Waals surface area contributed by atoms with Gasteiger partial charge < -0.3 is 15.1 Å². The Kier molecular flexibility index (Phi) is 7.71. The Balaban J connectivity index is 1.84. The zero-order valence-electron chi connectivity index (χ0n) is 19.9. The third-order valence-corrected chi connectivity index (χ3v) is 6.43. The van der Waals surface area contributed by atoms with Crippen molar-refractivity contribution in [1.82, 2.24) is 10.6 Å². The normalized spacial score (nSPS) is 17.7. The SMILES string of the molecule is CN[C@H]1Cc2ccccc2N([C@@H](C)C(=O)N[C@@H](Cc2ccccc2)C(=O)O[Si](C)(C)C)C1=O. The first-order chi connectivity index (χ1) is 15.6. The number of rotatable bonds is 8. The van der Waals surface area contributed by atoms with E-state index in [2.05, 4.69) is 10.6 Å². The zero-order chi connectivity index (χ0) is 24.2. The van der Waals surface area contributed by atoms with Gasteiger partial charge in [-0.2, -0.15) is 0 Å². The molecule has 2 aromatic carbocycles. The van der Waals surface area contributed by atoms with Crippen LogP contribution in [-0.4, -0.2) is 51.3 Å². The first-order valence-electron chi connectivity index (χ1n) is 11.3. The van der Waals surface area contributed by atoms with Crippen molar-refractivity contribution < 1.29 is 18.8 Å². The second-order valence-electron chi connectivity index (χ2n) is 9.34. The first kappa shape index (κ1) is 24.7. The van der Waals surface area contributed by atoms with E-state index in [4.69, 9.17) is 4.43 Å². The molecule has 0 unspecified atom stereocenters. The fourth-order valence-corrected chi connectivity index (χ4v) is 4.71. The molecule has 8 heteroatoms. The van der Waals surface area contributed by atoms with E-state index in [1.165, 1.54) is 4.90 Å². The van der Waals surface area contributed by atoms with Gasteiger partial charge in [0, 0.05) is 12.1 Å². The standard InChI is InChI=1S/C25H33N3O4Si/c1-17(28-22-14-10-9-13-19(22)16-20(26-2)24(28)30)23(29)27-21(25(31)32-33(3,4)5)15-18-11-7-6-8-12-18/h6-14,17,20-21,26H,15-16H2,1-5H3,(H,27,29)/t17-,20-,21-/m0/s1. The van der Waals surface area contributed by atoms with Gasteiger partial charge in [-0.25, -0.2) is 0 Å². The summed E-state index contributed by atoms with van der Waals surface area (Å²) < 4.78 is 5.70. The Morgan fingerprint density at radius 1 is 1.09 bits per heavy atom. The summed E-state index contributed by atoms with van der Waals surface area (Å²) in [7, 11) is -0.419. The molecule has 0 radical (unpaired) electrons. The minimum absolute atomic E-state index is 0.164. The smallest absolute Gasteiger partial charge is 0.315 e. The molecule has 7 nitrogen and oxygen atoms in total. The van der Waals surface area contributed by atoms with Gasteiger partial charge in [0.15, 0.2) is 0 Å². The van der Waals surface area contributed by atoms with E-state index < -0.39 is 38.3 Å². The molecular formula is C25H33N3O4Si. The number of nitrogens with zero attached hydrogens (tertiary/aromatic N) is 1. The molecule has 2 amide bonds. The predicted molar refractivity (Wildman–Crippen MR) is 131 cm³/mol. The summed E-state index contributed by atoms with van der Waals surface area (Å²) in [5, 5.41) is 5.91. The van der Waals surface area contributed by atoms with Crippen LogP contribution < -0.4 is 15.5 Å². The van der Waals surface area contributed by atoms with Crippen molar-refractivity contribution in [2.24, 2.45) is 0 Å². The van der Waals surface area contributed by atoms with Gasteiger partial charge in [0.25, 0.3) is 0 Å². The molecule has 3 rings (SSSR count). The fourth-order valence-electron chi connectivity index (χ4n) is 3.96. The fraction of sp³-hybridized carbons (Fsp3) is 0.400. The number of para-hydroxylation sites is 1. The van der Waals surface area contributed by atoms with E-state index in [0.717, 1.165) is 16.8 Å². The van der Waals surface area contributed by atoms with Crippen LogP contribution in [0.1, 0.15) is 18.1 Å². The second-order valence-corrected chi connectivity index (χ2v) is 13.8. The highest BCUT2D eigenvalue weighted by atomic mass is 28.4. The molecule has 33 heavy (non-hydrogen) atoms. The van der Waals surface area contributed by atoms with Gasteiger partial charge >= 0.3 is 5.97 Å². The number of benzene rings is 2. The van der Waals surface area contributed by atoms with Crippen LogP contribution in [0.4, 0.5) is 5.69 Å². The van der Waals surface area contributed by atoms with Crippen molar-refractivity contribution in [2.45, 2.75) is 57.5 Å². The molecule has 2 N–H and O–H groups in total. The van der Waals surface area contributed by atoms with Crippen molar-refractivity contribution in [3.8, 4) is 0 Å². The number of hydrogen-bond acceptors (Lipinski definition) is 5. The summed E-state index contributed by atoms with van der Waals surface area (Å²) in [6.07, 6.45) is 0.877. The van der Waals surface area contributed by atoms with Crippen molar-refractivity contribution in [3.63, 3.8) is 0 Å². The number of likely N-dealkylation sites (N-methyl/N-ethyl adjacent to an activating group) is 1. The first-order valence-corrected chi connectivity index (χ1v) is 14.7. The van der Waals surface area contributed by atoms with E-state index in [1.54, 1.807) is 14.0 Å². The van der Waals surface area contributed by atoms with Crippen LogP contribution in [-0.2, 0) is 31.7 Å². The summed E-state index contributed by atoms with van der Waals surface area (Å²) in [6, 6.07) is 15.0. The van der Waals surface area contributed by atoms with Gasteiger partial charge in [-0.05, 0) is 57.2 Å². The van der Waals surface area contributed by atoms with Crippen LogP contribution in [0.2, 0.25) is 19.6 Å². The minimum atomic E-state index is -2.16. The molecule has 1 aliphatic rings. The molecule has 0 saturated heterocycles. The minimum Gasteiger partial charge on any atom is -0.518 e. The number of nitrogens with one attached hydrogen (secondary N) is 2. The number of anilines is 1. The van der Waals surface area contributed by atoms with Crippen LogP contribution in [0.25, 0.3) is 0 Å². The molecule has 0 saturated carbocycles. The molecule has 1 heterocycles. The van der Waals surface area contributed by atoms with Gasteiger partial charge in [-0.3, -0.25) is 19.3 Å². The summed E-state index contributed by atoms with van der Waals surface area (Å²) in [4.78, 5) is 41.0. The molecule has 1 aliphatic heterocycles. The average Bonchev–Trinajstić information content (AvgIpc) is 2.77. The Labute approximate surface area is 196 Å². The summed E-state index contributed by atoms with van der Waals surface area (Å²) >= 11 is 0. The quantitative estimate of drug-likeness (QED) is 0.583. The topological polar surface area (TPSA) is 87.7 Å². The van der Waals surface area contributed by atoms with Crippen LogP contribution in [0.5, 0.6) is 0 Å². The second kappa shape index (κ2) is 10.3. The summed E-state index contributed by atoms with van der Waals surface area (Å²) in [6.45, 7) is 7.47. The molecule has 2 aromatic rings.